The molecule has 0 radical (unpaired) electrons. The number of hydrogen-bond donors (Lipinski definition) is 1. The fourth-order valence-corrected chi connectivity index (χ4v) is 2.34. The van der Waals surface area contributed by atoms with Crippen LogP contribution in [0.15, 0.2) is 28.4 Å². The van der Waals surface area contributed by atoms with E-state index in [1.54, 1.807) is 32.4 Å². The second kappa shape index (κ2) is 4.41. The fraction of sp³-hybridized carbons (Fsp3) is 0.250. The molecule has 0 aromatic heterocycles. The van der Waals surface area contributed by atoms with Crippen molar-refractivity contribution in [3.63, 3.8) is 0 Å². The van der Waals surface area contributed by atoms with Crippen molar-refractivity contribution in [2.24, 2.45) is 0 Å². The molecule has 1 N–H and O–H groups in total. The van der Waals surface area contributed by atoms with Crippen molar-refractivity contribution >= 4 is 27.4 Å². The number of methoxy groups -OCH3 is 1. The molecule has 1 amide bonds. The molecule has 4 nitrogen and oxygen atoms in total. The molecule has 1 heterocycles. The highest BCUT2D eigenvalue weighted by Gasteiger charge is 2.28. The normalized spacial score (nSPS) is 15.7. The number of nitrogens with zero attached hydrogens (tertiary/aromatic N) is 1. The summed E-state index contributed by atoms with van der Waals surface area (Å²) in [6, 6.07) is 5.28. The average Bonchev–Trinajstić information content (AvgIpc) is 2.53. The Kier molecular flexibility index (Phi) is 3.11. The minimum Gasteiger partial charge on any atom is -0.510 e. The van der Waals surface area contributed by atoms with E-state index in [9.17, 15) is 9.90 Å². The largest absolute Gasteiger partial charge is 0.510 e. The first-order valence-corrected chi connectivity index (χ1v) is 5.85. The molecule has 0 aliphatic carbocycles. The summed E-state index contributed by atoms with van der Waals surface area (Å²) in [4.78, 5) is 13.3. The first kappa shape index (κ1) is 12.0. The Balaban J connectivity index is 2.45. The monoisotopic (exact) mass is 297 g/mol. The smallest absolute Gasteiger partial charge is 0.258 e. The van der Waals surface area contributed by atoms with Crippen molar-refractivity contribution in [2.45, 2.75) is 0 Å². The highest BCUT2D eigenvalue weighted by molar-refractivity contribution is 9.10. The van der Waals surface area contributed by atoms with Gasteiger partial charge in [0.15, 0.2) is 0 Å². The summed E-state index contributed by atoms with van der Waals surface area (Å²) in [5, 5.41) is 9.77. The van der Waals surface area contributed by atoms with Gasteiger partial charge in [-0.15, -0.1) is 0 Å². The highest BCUT2D eigenvalue weighted by atomic mass is 79.9. The van der Waals surface area contributed by atoms with E-state index < -0.39 is 0 Å². The van der Waals surface area contributed by atoms with Gasteiger partial charge in [-0.3, -0.25) is 4.79 Å². The number of aliphatic hydroxyl groups excluding tert-OH is 1. The minimum absolute atomic E-state index is 0.106. The summed E-state index contributed by atoms with van der Waals surface area (Å²) in [6.07, 6.45) is 0. The van der Waals surface area contributed by atoms with Crippen LogP contribution in [0.1, 0.15) is 5.56 Å². The van der Waals surface area contributed by atoms with Gasteiger partial charge in [0.2, 0.25) is 0 Å². The van der Waals surface area contributed by atoms with Crippen LogP contribution < -0.4 is 4.74 Å². The summed E-state index contributed by atoms with van der Waals surface area (Å²) in [5.74, 6) is 0.627. The lowest BCUT2D eigenvalue weighted by Gasteiger charge is -2.09. The van der Waals surface area contributed by atoms with E-state index in [0.717, 1.165) is 4.47 Å². The van der Waals surface area contributed by atoms with Gasteiger partial charge in [0, 0.05) is 7.05 Å². The molecule has 0 saturated heterocycles. The van der Waals surface area contributed by atoms with Crippen LogP contribution in [0.25, 0.3) is 5.57 Å². The van der Waals surface area contributed by atoms with Crippen LogP contribution in [0.5, 0.6) is 5.75 Å². The maximum atomic E-state index is 11.8. The molecule has 0 atom stereocenters. The van der Waals surface area contributed by atoms with Crippen molar-refractivity contribution < 1.29 is 14.6 Å². The standard InChI is InChI=1S/C12H12BrNO3/c1-14-6-9(15)11(12(14)16)7-3-4-10(17-2)8(13)5-7/h3-5,15H,6H2,1-2H3. The number of amides is 1. The summed E-state index contributed by atoms with van der Waals surface area (Å²) < 4.78 is 5.87. The third-order valence-corrected chi connectivity index (χ3v) is 3.30. The van der Waals surface area contributed by atoms with Crippen molar-refractivity contribution in [1.82, 2.24) is 4.90 Å². The van der Waals surface area contributed by atoms with Gasteiger partial charge >= 0.3 is 0 Å². The van der Waals surface area contributed by atoms with Crippen LogP contribution in [0.4, 0.5) is 0 Å². The molecule has 1 aromatic rings. The Hall–Kier alpha value is -1.49. The zero-order valence-corrected chi connectivity index (χ0v) is 11.1. The van der Waals surface area contributed by atoms with E-state index in [2.05, 4.69) is 15.9 Å². The lowest BCUT2D eigenvalue weighted by Crippen LogP contribution is -2.21. The SMILES string of the molecule is COc1ccc(C2=C(O)CN(C)C2=O)cc1Br. The predicted molar refractivity (Wildman–Crippen MR) is 67.9 cm³/mol. The number of aliphatic hydroxyl groups is 1. The van der Waals surface area contributed by atoms with Crippen LogP contribution in [0, 0.1) is 0 Å². The molecule has 0 unspecified atom stereocenters. The quantitative estimate of drug-likeness (QED) is 0.910. The number of benzene rings is 1. The summed E-state index contributed by atoms with van der Waals surface area (Å²) in [5.41, 5.74) is 1.04. The topological polar surface area (TPSA) is 49.8 Å². The Morgan fingerprint density at radius 3 is 2.65 bits per heavy atom. The van der Waals surface area contributed by atoms with Crippen molar-refractivity contribution in [3.05, 3.63) is 34.0 Å². The fourth-order valence-electron chi connectivity index (χ4n) is 1.80. The third kappa shape index (κ3) is 2.02. The maximum absolute atomic E-state index is 11.8. The molecule has 1 aliphatic heterocycles. The number of hydrogen-bond acceptors (Lipinski definition) is 3. The Bertz CT molecular complexity index is 510. The Labute approximate surface area is 108 Å². The van der Waals surface area contributed by atoms with E-state index in [1.807, 2.05) is 0 Å². The lowest BCUT2D eigenvalue weighted by molar-refractivity contribution is -0.122. The summed E-state index contributed by atoms with van der Waals surface area (Å²) >= 11 is 3.36. The van der Waals surface area contributed by atoms with Gasteiger partial charge in [-0.2, -0.15) is 0 Å². The van der Waals surface area contributed by atoms with Gasteiger partial charge in [0.05, 0.1) is 23.7 Å². The average molecular weight is 298 g/mol. The Morgan fingerprint density at radius 2 is 2.18 bits per heavy atom. The van der Waals surface area contributed by atoms with Crippen molar-refractivity contribution in [3.8, 4) is 5.75 Å². The van der Waals surface area contributed by atoms with Gasteiger partial charge in [-0.25, -0.2) is 0 Å². The second-order valence-electron chi connectivity index (χ2n) is 3.83. The van der Waals surface area contributed by atoms with E-state index in [4.69, 9.17) is 4.74 Å². The molecular formula is C12H12BrNO3. The first-order valence-electron chi connectivity index (χ1n) is 5.06. The number of ether oxygens (including phenoxy) is 1. The van der Waals surface area contributed by atoms with Gasteiger partial charge in [-0.1, -0.05) is 6.07 Å². The third-order valence-electron chi connectivity index (χ3n) is 2.68. The van der Waals surface area contributed by atoms with Gasteiger partial charge < -0.3 is 14.7 Å². The summed E-state index contributed by atoms with van der Waals surface area (Å²) in [7, 11) is 3.23. The number of carbonyl (C=O) groups is 1. The molecule has 17 heavy (non-hydrogen) atoms. The molecule has 1 aromatic carbocycles. The zero-order chi connectivity index (χ0) is 12.6. The van der Waals surface area contributed by atoms with Crippen molar-refractivity contribution in [1.29, 1.82) is 0 Å². The molecule has 0 saturated carbocycles. The van der Waals surface area contributed by atoms with Crippen LogP contribution in [-0.2, 0) is 4.79 Å². The van der Waals surface area contributed by atoms with Crippen LogP contribution in [0.3, 0.4) is 0 Å². The molecule has 1 aliphatic rings. The van der Waals surface area contributed by atoms with Gasteiger partial charge in [0.1, 0.15) is 11.5 Å². The highest BCUT2D eigenvalue weighted by Crippen LogP contribution is 2.32. The number of rotatable bonds is 2. The van der Waals surface area contributed by atoms with Crippen LogP contribution in [-0.4, -0.2) is 36.6 Å². The van der Waals surface area contributed by atoms with E-state index in [0.29, 0.717) is 16.9 Å². The van der Waals surface area contributed by atoms with Crippen LogP contribution >= 0.6 is 15.9 Å². The molecule has 0 bridgehead atoms. The van der Waals surface area contributed by atoms with Gasteiger partial charge in [-0.05, 0) is 33.6 Å². The molecule has 5 heteroatoms. The Morgan fingerprint density at radius 1 is 1.47 bits per heavy atom. The molecule has 0 spiro atoms. The number of likely N-dealkylation sites (N-methyl/N-ethyl adjacent to an activating group) is 1. The maximum Gasteiger partial charge on any atom is 0.258 e. The van der Waals surface area contributed by atoms with Crippen molar-refractivity contribution in [2.75, 3.05) is 20.7 Å². The first-order chi connectivity index (χ1) is 8.04. The van der Waals surface area contributed by atoms with E-state index >= 15 is 0 Å². The zero-order valence-electron chi connectivity index (χ0n) is 9.53. The molecule has 90 valence electrons. The van der Waals surface area contributed by atoms with Gasteiger partial charge in [0.25, 0.3) is 5.91 Å². The second-order valence-corrected chi connectivity index (χ2v) is 4.69. The van der Waals surface area contributed by atoms with E-state index in [1.165, 1.54) is 4.90 Å². The number of halogens is 1. The molecule has 0 fully saturated rings. The number of carbonyl (C=O) groups excluding carboxylic acids is 1. The minimum atomic E-state index is -0.167. The predicted octanol–water partition coefficient (Wildman–Crippen LogP) is 2.20. The molecule has 2 rings (SSSR count). The van der Waals surface area contributed by atoms with Crippen LogP contribution in [0.2, 0.25) is 0 Å². The lowest BCUT2D eigenvalue weighted by atomic mass is 10.1. The van der Waals surface area contributed by atoms with E-state index in [-0.39, 0.29) is 18.2 Å². The molecular weight excluding hydrogens is 286 g/mol. The summed E-state index contributed by atoms with van der Waals surface area (Å²) in [6.45, 7) is 0.262.